The summed E-state index contributed by atoms with van der Waals surface area (Å²) in [7, 11) is 6.52. The van der Waals surface area contributed by atoms with Gasteiger partial charge in [0.2, 0.25) is 0 Å². The zero-order valence-corrected chi connectivity index (χ0v) is 28.5. The Morgan fingerprint density at radius 2 is 1.03 bits per heavy atom. The Balaban J connectivity index is 1.70. The maximum Gasteiger partial charge on any atom is 0.157 e. The number of thioether (sulfide) groups is 1. The van der Waals surface area contributed by atoms with Crippen molar-refractivity contribution in [3.63, 3.8) is 0 Å². The van der Waals surface area contributed by atoms with E-state index in [1.165, 1.54) is 0 Å². The van der Waals surface area contributed by atoms with Crippen LogP contribution in [0.3, 0.4) is 0 Å². The number of benzene rings is 1. The normalized spacial score (nSPS) is 28.7. The highest BCUT2D eigenvalue weighted by Crippen LogP contribution is 2.78. The maximum atomic E-state index is 12.9. The van der Waals surface area contributed by atoms with Crippen molar-refractivity contribution in [2.75, 3.05) is 0 Å². The summed E-state index contributed by atoms with van der Waals surface area (Å²) in [6, 6.07) is 10.2. The SMILES string of the molecule is CC1(C)N=C(c2ccccc2)SC1(SSC1(Cl)C(C)(C)C(=O)C1(C)C)SSC1(Cl)C(C)(C)C(=O)C1(C)C. The Labute approximate surface area is 251 Å². The Bertz CT molecular complexity index is 1090. The minimum Gasteiger partial charge on any atom is -0.298 e. The molecule has 0 bridgehead atoms. The third kappa shape index (κ3) is 3.92. The van der Waals surface area contributed by atoms with E-state index in [2.05, 4.69) is 26.0 Å². The molecule has 1 heterocycles. The van der Waals surface area contributed by atoms with Gasteiger partial charge in [0, 0.05) is 5.56 Å². The van der Waals surface area contributed by atoms with E-state index in [0.717, 1.165) is 10.6 Å². The van der Waals surface area contributed by atoms with Gasteiger partial charge in [-0.1, -0.05) is 141 Å². The van der Waals surface area contributed by atoms with Gasteiger partial charge in [-0.15, -0.1) is 23.2 Å². The second-order valence-corrected chi connectivity index (χ2v) is 21.4. The van der Waals surface area contributed by atoms with Crippen LogP contribution in [0.25, 0.3) is 0 Å². The van der Waals surface area contributed by atoms with Crippen LogP contribution < -0.4 is 0 Å². The molecular formula is C27H35Cl2NO2S5. The van der Waals surface area contributed by atoms with Gasteiger partial charge >= 0.3 is 0 Å². The third-order valence-corrected chi connectivity index (χ3v) is 23.0. The van der Waals surface area contributed by atoms with Crippen LogP contribution in [0.2, 0.25) is 0 Å². The number of alkyl halides is 2. The number of hydrogen-bond acceptors (Lipinski definition) is 8. The summed E-state index contributed by atoms with van der Waals surface area (Å²) in [6.45, 7) is 19.8. The molecule has 0 atom stereocenters. The minimum absolute atomic E-state index is 0.176. The molecule has 0 spiro atoms. The zero-order chi connectivity index (χ0) is 28.1. The molecule has 0 unspecified atom stereocenters. The number of rotatable bonds is 7. The van der Waals surface area contributed by atoms with Crippen molar-refractivity contribution in [1.29, 1.82) is 0 Å². The van der Waals surface area contributed by atoms with Crippen LogP contribution >= 0.6 is 78.1 Å². The first kappa shape index (κ1) is 30.5. The highest BCUT2D eigenvalue weighted by Gasteiger charge is 2.75. The largest absolute Gasteiger partial charge is 0.298 e. The molecule has 204 valence electrons. The summed E-state index contributed by atoms with van der Waals surface area (Å²) in [5.74, 6) is 0.352. The Hall–Kier alpha value is 0.560. The lowest BCUT2D eigenvalue weighted by Gasteiger charge is -2.62. The molecule has 37 heavy (non-hydrogen) atoms. The highest BCUT2D eigenvalue weighted by atomic mass is 35.5. The van der Waals surface area contributed by atoms with Crippen molar-refractivity contribution in [2.24, 2.45) is 26.7 Å². The lowest BCUT2D eigenvalue weighted by molar-refractivity contribution is -0.153. The molecule has 0 amide bonds. The molecule has 4 rings (SSSR count). The molecule has 1 aromatic rings. The number of ketones is 2. The molecule has 3 aliphatic rings. The predicted molar refractivity (Wildman–Crippen MR) is 170 cm³/mol. The molecular weight excluding hydrogens is 602 g/mol. The van der Waals surface area contributed by atoms with E-state index in [1.807, 2.05) is 73.6 Å². The van der Waals surface area contributed by atoms with E-state index in [1.54, 1.807) is 54.9 Å². The fourth-order valence-corrected chi connectivity index (χ4v) is 18.7. The summed E-state index contributed by atoms with van der Waals surface area (Å²) in [5, 5.41) is 0.963. The van der Waals surface area contributed by atoms with Gasteiger partial charge in [0.1, 0.15) is 25.0 Å². The fraction of sp³-hybridized carbons (Fsp3) is 0.667. The van der Waals surface area contributed by atoms with Gasteiger partial charge in [0.25, 0.3) is 0 Å². The van der Waals surface area contributed by atoms with Crippen LogP contribution in [-0.2, 0) is 9.59 Å². The molecule has 1 aliphatic heterocycles. The monoisotopic (exact) mass is 635 g/mol. The average Bonchev–Trinajstić information content (AvgIpc) is 3.09. The number of Topliss-reactive ketones (excluding diaryl/α,β-unsaturated/α-hetero) is 2. The molecule has 2 fully saturated rings. The van der Waals surface area contributed by atoms with Gasteiger partial charge in [-0.05, 0) is 13.8 Å². The maximum absolute atomic E-state index is 12.9. The fourth-order valence-electron chi connectivity index (χ4n) is 5.78. The average molecular weight is 637 g/mol. The van der Waals surface area contributed by atoms with Crippen molar-refractivity contribution in [1.82, 2.24) is 0 Å². The lowest BCUT2D eigenvalue weighted by atomic mass is 9.54. The van der Waals surface area contributed by atoms with Crippen LogP contribution in [-0.4, -0.2) is 34.0 Å². The van der Waals surface area contributed by atoms with E-state index < -0.39 is 39.0 Å². The summed E-state index contributed by atoms with van der Waals surface area (Å²) < 4.78 is -2.08. The first-order chi connectivity index (χ1) is 16.6. The molecule has 0 radical (unpaired) electrons. The van der Waals surface area contributed by atoms with E-state index in [-0.39, 0.29) is 11.6 Å². The number of aliphatic imine (C=N–C) groups is 1. The molecule has 1 aromatic carbocycles. The van der Waals surface area contributed by atoms with E-state index in [9.17, 15) is 9.59 Å². The molecule has 2 aliphatic carbocycles. The summed E-state index contributed by atoms with van der Waals surface area (Å²) >= 11 is 16.3. The molecule has 10 heteroatoms. The predicted octanol–water partition coefficient (Wildman–Crippen LogP) is 9.52. The number of nitrogens with zero attached hydrogens (tertiary/aromatic N) is 1. The van der Waals surface area contributed by atoms with Gasteiger partial charge in [-0.2, -0.15) is 0 Å². The number of carbonyl (C=O) groups excluding carboxylic acids is 2. The van der Waals surface area contributed by atoms with Gasteiger partial charge in [0.15, 0.2) is 3.41 Å². The molecule has 0 aromatic heterocycles. The highest BCUT2D eigenvalue weighted by molar-refractivity contribution is 8.89. The van der Waals surface area contributed by atoms with Crippen molar-refractivity contribution in [3.8, 4) is 0 Å². The van der Waals surface area contributed by atoms with Crippen molar-refractivity contribution >= 4 is 94.7 Å². The quantitative estimate of drug-likeness (QED) is 0.168. The number of carbonyl (C=O) groups is 2. The standard InChI is InChI=1S/C27H35Cl2NO2S5/c1-20(2)18(31)21(3,4)25(20,28)34-36-27(37-35-26(29)22(5,6)19(32)23(26,7)8)24(9,10)30-17(33-27)16-14-12-11-13-15-16/h11-15H,1-10H3. The van der Waals surface area contributed by atoms with Gasteiger partial charge in [-0.25, -0.2) is 0 Å². The van der Waals surface area contributed by atoms with E-state index >= 15 is 0 Å². The topological polar surface area (TPSA) is 46.5 Å². The van der Waals surface area contributed by atoms with Crippen LogP contribution in [0.5, 0.6) is 0 Å². The summed E-state index contributed by atoms with van der Waals surface area (Å²) in [5.41, 5.74) is -2.08. The third-order valence-electron chi connectivity index (χ3n) is 8.40. The Morgan fingerprint density at radius 3 is 1.41 bits per heavy atom. The smallest absolute Gasteiger partial charge is 0.157 e. The van der Waals surface area contributed by atoms with E-state index in [4.69, 9.17) is 28.2 Å². The molecule has 0 saturated heterocycles. The second kappa shape index (κ2) is 9.03. The van der Waals surface area contributed by atoms with Crippen molar-refractivity contribution in [2.45, 2.75) is 86.6 Å². The second-order valence-electron chi connectivity index (χ2n) is 12.7. The molecule has 2 saturated carbocycles. The van der Waals surface area contributed by atoms with Crippen molar-refractivity contribution in [3.05, 3.63) is 35.9 Å². The molecule has 3 nitrogen and oxygen atoms in total. The summed E-state index contributed by atoms with van der Waals surface area (Å²) in [6.07, 6.45) is 0. The van der Waals surface area contributed by atoms with Crippen LogP contribution in [0.4, 0.5) is 0 Å². The van der Waals surface area contributed by atoms with Gasteiger partial charge in [-0.3, -0.25) is 14.6 Å². The van der Waals surface area contributed by atoms with Crippen LogP contribution in [0, 0.1) is 21.7 Å². The minimum atomic E-state index is -0.782. The number of halogens is 2. The van der Waals surface area contributed by atoms with Gasteiger partial charge in [0.05, 0.1) is 27.2 Å². The van der Waals surface area contributed by atoms with Crippen LogP contribution in [0.15, 0.2) is 35.3 Å². The number of hydrogen-bond donors (Lipinski definition) is 0. The lowest BCUT2D eigenvalue weighted by Crippen LogP contribution is -2.69. The Kier molecular flexibility index (Phi) is 7.45. The van der Waals surface area contributed by atoms with Gasteiger partial charge < -0.3 is 0 Å². The molecule has 0 N–H and O–H groups in total. The van der Waals surface area contributed by atoms with Crippen molar-refractivity contribution < 1.29 is 9.59 Å². The zero-order valence-electron chi connectivity index (χ0n) is 22.9. The first-order valence-electron chi connectivity index (χ1n) is 12.2. The van der Waals surface area contributed by atoms with E-state index in [0.29, 0.717) is 0 Å². The van der Waals surface area contributed by atoms with Crippen LogP contribution in [0.1, 0.15) is 74.8 Å². The Morgan fingerprint density at radius 1 is 0.649 bits per heavy atom. The first-order valence-corrected chi connectivity index (χ1v) is 18.1. The summed E-state index contributed by atoms with van der Waals surface area (Å²) in [4.78, 5) is 31.1.